The summed E-state index contributed by atoms with van der Waals surface area (Å²) in [4.78, 5) is 25.3. The third kappa shape index (κ3) is 5.18. The van der Waals surface area contributed by atoms with E-state index in [1.54, 1.807) is 18.2 Å². The van der Waals surface area contributed by atoms with Gasteiger partial charge in [-0.2, -0.15) is 0 Å². The van der Waals surface area contributed by atoms with Crippen LogP contribution in [0.5, 0.6) is 0 Å². The minimum Gasteiger partial charge on any atom is -0.354 e. The third-order valence-electron chi connectivity index (χ3n) is 3.57. The highest BCUT2D eigenvalue weighted by Crippen LogP contribution is 2.28. The van der Waals surface area contributed by atoms with Gasteiger partial charge in [-0.1, -0.05) is 37.0 Å². The zero-order valence-electron chi connectivity index (χ0n) is 13.2. The molecular weight excluding hydrogens is 323 g/mol. The molecular formula is C16H22Cl2N2O2. The zero-order chi connectivity index (χ0) is 16.7. The van der Waals surface area contributed by atoms with Crippen molar-refractivity contribution < 1.29 is 9.59 Å². The fourth-order valence-electron chi connectivity index (χ4n) is 2.24. The van der Waals surface area contributed by atoms with Gasteiger partial charge in [-0.05, 0) is 31.0 Å². The Kier molecular flexibility index (Phi) is 7.69. The largest absolute Gasteiger partial charge is 0.354 e. The van der Waals surface area contributed by atoms with Crippen LogP contribution in [-0.2, 0) is 9.59 Å². The molecule has 6 heteroatoms. The van der Waals surface area contributed by atoms with Crippen molar-refractivity contribution in [1.82, 2.24) is 5.32 Å². The molecule has 1 rings (SSSR count). The Hall–Kier alpha value is -1.26. The molecule has 0 aliphatic heterocycles. The number of hydrogen-bond acceptors (Lipinski definition) is 2. The molecule has 0 aliphatic rings. The van der Waals surface area contributed by atoms with E-state index in [0.29, 0.717) is 28.8 Å². The van der Waals surface area contributed by atoms with Crippen LogP contribution < -0.4 is 10.2 Å². The molecule has 2 amide bonds. The van der Waals surface area contributed by atoms with Gasteiger partial charge < -0.3 is 10.2 Å². The minimum atomic E-state index is -0.138. The quantitative estimate of drug-likeness (QED) is 0.815. The van der Waals surface area contributed by atoms with Gasteiger partial charge in [-0.25, -0.2) is 0 Å². The summed E-state index contributed by atoms with van der Waals surface area (Å²) in [6.07, 6.45) is 1.61. The fourth-order valence-corrected chi connectivity index (χ4v) is 2.75. The average molecular weight is 345 g/mol. The highest BCUT2D eigenvalue weighted by atomic mass is 35.5. The van der Waals surface area contributed by atoms with Crippen LogP contribution in [0, 0.1) is 5.92 Å². The van der Waals surface area contributed by atoms with E-state index in [2.05, 4.69) is 5.32 Å². The summed E-state index contributed by atoms with van der Waals surface area (Å²) < 4.78 is 0. The minimum absolute atomic E-state index is 0.0184. The van der Waals surface area contributed by atoms with Crippen LogP contribution in [0.25, 0.3) is 0 Å². The molecule has 1 aromatic carbocycles. The van der Waals surface area contributed by atoms with E-state index in [-0.39, 0.29) is 17.7 Å². The monoisotopic (exact) mass is 344 g/mol. The summed E-state index contributed by atoms with van der Waals surface area (Å²) in [5.74, 6) is -0.0957. The number of anilines is 1. The fraction of sp³-hybridized carbons (Fsp3) is 0.500. The van der Waals surface area contributed by atoms with E-state index in [0.717, 1.165) is 12.8 Å². The number of halogens is 2. The molecule has 0 radical (unpaired) electrons. The lowest BCUT2D eigenvalue weighted by molar-refractivity contribution is -0.125. The Morgan fingerprint density at radius 1 is 1.23 bits per heavy atom. The number of carbonyl (C=O) groups is 2. The number of amides is 2. The number of rotatable bonds is 7. The molecule has 0 unspecified atom stereocenters. The SMILES string of the molecule is CCC(CC)C(=O)NCCN(C(C)=O)c1ccc(Cl)cc1Cl. The molecule has 0 spiro atoms. The molecule has 0 saturated heterocycles. The predicted octanol–water partition coefficient (Wildman–Crippen LogP) is 3.90. The van der Waals surface area contributed by atoms with Crippen molar-refractivity contribution in [3.05, 3.63) is 28.2 Å². The molecule has 0 aliphatic carbocycles. The van der Waals surface area contributed by atoms with Gasteiger partial charge in [0.05, 0.1) is 10.7 Å². The first-order chi connectivity index (χ1) is 10.4. The summed E-state index contributed by atoms with van der Waals surface area (Å²) in [6, 6.07) is 4.98. The van der Waals surface area contributed by atoms with Crippen molar-refractivity contribution in [2.75, 3.05) is 18.0 Å². The summed E-state index contributed by atoms with van der Waals surface area (Å²) in [5, 5.41) is 3.79. The summed E-state index contributed by atoms with van der Waals surface area (Å²) in [7, 11) is 0. The number of carbonyl (C=O) groups excluding carboxylic acids is 2. The first-order valence-electron chi connectivity index (χ1n) is 7.41. The van der Waals surface area contributed by atoms with Crippen molar-refractivity contribution in [1.29, 1.82) is 0 Å². The van der Waals surface area contributed by atoms with Crippen LogP contribution >= 0.6 is 23.2 Å². The molecule has 1 aromatic rings. The van der Waals surface area contributed by atoms with E-state index in [1.165, 1.54) is 11.8 Å². The number of nitrogens with zero attached hydrogens (tertiary/aromatic N) is 1. The van der Waals surface area contributed by atoms with Crippen LogP contribution in [0.15, 0.2) is 18.2 Å². The summed E-state index contributed by atoms with van der Waals surface area (Å²) in [5.41, 5.74) is 0.593. The summed E-state index contributed by atoms with van der Waals surface area (Å²) >= 11 is 12.0. The molecule has 0 fully saturated rings. The van der Waals surface area contributed by atoms with Gasteiger partial charge in [0.25, 0.3) is 0 Å². The Morgan fingerprint density at radius 2 is 1.86 bits per heavy atom. The van der Waals surface area contributed by atoms with Crippen molar-refractivity contribution >= 4 is 40.7 Å². The van der Waals surface area contributed by atoms with E-state index in [1.807, 2.05) is 13.8 Å². The van der Waals surface area contributed by atoms with Crippen LogP contribution in [0.2, 0.25) is 10.0 Å². The Bertz CT molecular complexity index is 531. The van der Waals surface area contributed by atoms with Gasteiger partial charge in [0, 0.05) is 31.0 Å². The van der Waals surface area contributed by atoms with Crippen molar-refractivity contribution in [3.63, 3.8) is 0 Å². The maximum Gasteiger partial charge on any atom is 0.223 e. The molecule has 0 atom stereocenters. The van der Waals surface area contributed by atoms with Crippen molar-refractivity contribution in [2.24, 2.45) is 5.92 Å². The third-order valence-corrected chi connectivity index (χ3v) is 4.11. The van der Waals surface area contributed by atoms with Crippen LogP contribution in [-0.4, -0.2) is 24.9 Å². The smallest absolute Gasteiger partial charge is 0.223 e. The predicted molar refractivity (Wildman–Crippen MR) is 91.6 cm³/mol. The normalized spacial score (nSPS) is 10.6. The maximum atomic E-state index is 11.9. The lowest BCUT2D eigenvalue weighted by Gasteiger charge is -2.23. The van der Waals surface area contributed by atoms with E-state index >= 15 is 0 Å². The van der Waals surface area contributed by atoms with Gasteiger partial charge in [-0.3, -0.25) is 9.59 Å². The van der Waals surface area contributed by atoms with Gasteiger partial charge in [0.1, 0.15) is 0 Å². The van der Waals surface area contributed by atoms with Gasteiger partial charge in [-0.15, -0.1) is 0 Å². The van der Waals surface area contributed by atoms with Gasteiger partial charge in [0.15, 0.2) is 0 Å². The van der Waals surface area contributed by atoms with Crippen LogP contribution in [0.1, 0.15) is 33.6 Å². The molecule has 1 N–H and O–H groups in total. The Labute approximate surface area is 141 Å². The highest BCUT2D eigenvalue weighted by molar-refractivity contribution is 6.36. The van der Waals surface area contributed by atoms with E-state index in [4.69, 9.17) is 23.2 Å². The second-order valence-corrected chi connectivity index (χ2v) is 5.91. The molecule has 122 valence electrons. The number of nitrogens with one attached hydrogen (secondary N) is 1. The highest BCUT2D eigenvalue weighted by Gasteiger charge is 2.17. The average Bonchev–Trinajstić information content (AvgIpc) is 2.45. The van der Waals surface area contributed by atoms with Gasteiger partial charge >= 0.3 is 0 Å². The Morgan fingerprint density at radius 3 is 2.36 bits per heavy atom. The summed E-state index contributed by atoms with van der Waals surface area (Å²) in [6.45, 7) is 6.19. The maximum absolute atomic E-state index is 11.9. The molecule has 0 bridgehead atoms. The zero-order valence-corrected chi connectivity index (χ0v) is 14.7. The number of hydrogen-bond donors (Lipinski definition) is 1. The first-order valence-corrected chi connectivity index (χ1v) is 8.17. The molecule has 0 saturated carbocycles. The molecule has 0 aromatic heterocycles. The standard InChI is InChI=1S/C16H22Cl2N2O2/c1-4-12(5-2)16(22)19-8-9-20(11(3)21)15-7-6-13(17)10-14(15)18/h6-7,10,12H,4-5,8-9H2,1-3H3,(H,19,22). The van der Waals surface area contributed by atoms with Crippen molar-refractivity contribution in [2.45, 2.75) is 33.6 Å². The van der Waals surface area contributed by atoms with Gasteiger partial charge in [0.2, 0.25) is 11.8 Å². The molecule has 4 nitrogen and oxygen atoms in total. The van der Waals surface area contributed by atoms with Crippen LogP contribution in [0.3, 0.4) is 0 Å². The van der Waals surface area contributed by atoms with Crippen LogP contribution in [0.4, 0.5) is 5.69 Å². The molecule has 0 heterocycles. The van der Waals surface area contributed by atoms with E-state index in [9.17, 15) is 9.59 Å². The van der Waals surface area contributed by atoms with E-state index < -0.39 is 0 Å². The topological polar surface area (TPSA) is 49.4 Å². The first kappa shape index (κ1) is 18.8. The lowest BCUT2D eigenvalue weighted by Crippen LogP contribution is -2.39. The number of benzene rings is 1. The Balaban J connectivity index is 2.70. The lowest BCUT2D eigenvalue weighted by atomic mass is 10.0. The second kappa shape index (κ2) is 9.01. The van der Waals surface area contributed by atoms with Crippen molar-refractivity contribution in [3.8, 4) is 0 Å². The second-order valence-electron chi connectivity index (χ2n) is 5.07. The molecule has 22 heavy (non-hydrogen) atoms.